The first-order valence-corrected chi connectivity index (χ1v) is 8.05. The molecule has 0 atom stereocenters. The first-order chi connectivity index (χ1) is 9.27. The summed E-state index contributed by atoms with van der Waals surface area (Å²) < 4.78 is 0.620. The van der Waals surface area contributed by atoms with Gasteiger partial charge in [0.15, 0.2) is 0 Å². The van der Waals surface area contributed by atoms with Crippen molar-refractivity contribution in [3.63, 3.8) is 0 Å². The maximum absolute atomic E-state index is 11.4. The van der Waals surface area contributed by atoms with E-state index in [0.717, 1.165) is 13.1 Å². The molecule has 3 N–H and O–H groups in total. The minimum atomic E-state index is -0.0881. The van der Waals surface area contributed by atoms with Crippen molar-refractivity contribution in [3.05, 3.63) is 20.3 Å². The molecule has 2 rings (SSSR count). The summed E-state index contributed by atoms with van der Waals surface area (Å²) in [5.74, 6) is 0.673. The van der Waals surface area contributed by atoms with Crippen LogP contribution in [0.25, 0.3) is 0 Å². The van der Waals surface area contributed by atoms with Gasteiger partial charge in [-0.05, 0) is 35.4 Å². The van der Waals surface area contributed by atoms with E-state index >= 15 is 0 Å². The van der Waals surface area contributed by atoms with Gasteiger partial charge in [-0.15, -0.1) is 0 Å². The summed E-state index contributed by atoms with van der Waals surface area (Å²) in [5.41, 5.74) is -0.0881. The zero-order valence-electron chi connectivity index (χ0n) is 11.0. The summed E-state index contributed by atoms with van der Waals surface area (Å²) in [6, 6.07) is 0.663. The molecule has 1 aromatic heterocycles. The van der Waals surface area contributed by atoms with Gasteiger partial charge in [0.25, 0.3) is 5.56 Å². The Balaban J connectivity index is 1.71. The molecule has 1 fully saturated rings. The smallest absolute Gasteiger partial charge is 0.266 e. The molecular weight excluding hydrogens is 355 g/mol. The second-order valence-corrected chi connectivity index (χ2v) is 6.04. The lowest BCUT2D eigenvalue weighted by molar-refractivity contribution is 0.468. The fourth-order valence-electron chi connectivity index (χ4n) is 2.45. The van der Waals surface area contributed by atoms with Gasteiger partial charge in [-0.1, -0.05) is 25.7 Å². The van der Waals surface area contributed by atoms with Crippen molar-refractivity contribution in [2.24, 2.45) is 0 Å². The highest BCUT2D eigenvalue weighted by molar-refractivity contribution is 14.1. The molecule has 1 saturated carbocycles. The van der Waals surface area contributed by atoms with Gasteiger partial charge in [-0.25, -0.2) is 4.98 Å². The maximum atomic E-state index is 11.4. The molecule has 6 heteroatoms. The molecule has 1 heterocycles. The number of nitrogens with one attached hydrogen (secondary N) is 3. The first kappa shape index (κ1) is 14.8. The summed E-state index contributed by atoms with van der Waals surface area (Å²) in [6.07, 6.45) is 9.47. The van der Waals surface area contributed by atoms with Crippen LogP contribution in [-0.2, 0) is 0 Å². The van der Waals surface area contributed by atoms with Crippen molar-refractivity contribution in [3.8, 4) is 0 Å². The van der Waals surface area contributed by atoms with Crippen molar-refractivity contribution in [1.29, 1.82) is 0 Å². The number of aromatic amines is 1. The highest BCUT2D eigenvalue weighted by Crippen LogP contribution is 2.16. The molecule has 1 aromatic rings. The zero-order valence-corrected chi connectivity index (χ0v) is 13.2. The lowest BCUT2D eigenvalue weighted by Gasteiger charge is -2.16. The van der Waals surface area contributed by atoms with Gasteiger partial charge >= 0.3 is 0 Å². The van der Waals surface area contributed by atoms with Gasteiger partial charge in [-0.2, -0.15) is 0 Å². The van der Waals surface area contributed by atoms with E-state index in [-0.39, 0.29) is 5.56 Å². The van der Waals surface area contributed by atoms with Crippen LogP contribution in [0.15, 0.2) is 11.1 Å². The van der Waals surface area contributed by atoms with E-state index in [1.54, 1.807) is 0 Å². The summed E-state index contributed by atoms with van der Waals surface area (Å²) >= 11 is 2.02. The molecule has 0 bridgehead atoms. The van der Waals surface area contributed by atoms with E-state index < -0.39 is 0 Å². The molecule has 1 aliphatic rings. The minimum Gasteiger partial charge on any atom is -0.368 e. The standard InChI is InChI=1S/C13H21IN4O/c14-11-12(17-9-18-13(11)19)16-8-7-15-10-5-3-1-2-4-6-10/h9-10,15H,1-8H2,(H2,16,17,18,19). The van der Waals surface area contributed by atoms with Crippen LogP contribution in [0.2, 0.25) is 0 Å². The summed E-state index contributed by atoms with van der Waals surface area (Å²) in [6.45, 7) is 1.71. The number of aromatic nitrogens is 2. The highest BCUT2D eigenvalue weighted by Gasteiger charge is 2.11. The van der Waals surface area contributed by atoms with Crippen molar-refractivity contribution in [2.45, 2.75) is 44.6 Å². The molecular formula is C13H21IN4O. The second-order valence-electron chi connectivity index (χ2n) is 4.96. The van der Waals surface area contributed by atoms with E-state index in [2.05, 4.69) is 20.6 Å². The van der Waals surface area contributed by atoms with Gasteiger partial charge in [0.05, 0.1) is 6.33 Å². The van der Waals surface area contributed by atoms with Gasteiger partial charge in [0, 0.05) is 19.1 Å². The van der Waals surface area contributed by atoms with E-state index in [9.17, 15) is 4.79 Å². The van der Waals surface area contributed by atoms with E-state index in [4.69, 9.17) is 0 Å². The normalized spacial score (nSPS) is 17.1. The molecule has 0 aliphatic heterocycles. The third-order valence-electron chi connectivity index (χ3n) is 3.50. The maximum Gasteiger partial charge on any atom is 0.266 e. The molecule has 5 nitrogen and oxygen atoms in total. The van der Waals surface area contributed by atoms with Crippen molar-refractivity contribution >= 4 is 28.4 Å². The number of rotatable bonds is 5. The van der Waals surface area contributed by atoms with Gasteiger partial charge < -0.3 is 15.6 Å². The van der Waals surface area contributed by atoms with Crippen LogP contribution in [0.1, 0.15) is 38.5 Å². The quantitative estimate of drug-likeness (QED) is 0.418. The number of nitrogens with zero attached hydrogens (tertiary/aromatic N) is 1. The highest BCUT2D eigenvalue weighted by atomic mass is 127. The van der Waals surface area contributed by atoms with Crippen molar-refractivity contribution in [2.75, 3.05) is 18.4 Å². The Hall–Kier alpha value is -0.630. The zero-order chi connectivity index (χ0) is 13.5. The third kappa shape index (κ3) is 4.76. The number of halogens is 1. The number of H-pyrrole nitrogens is 1. The van der Waals surface area contributed by atoms with Gasteiger partial charge in [-0.3, -0.25) is 4.79 Å². The van der Waals surface area contributed by atoms with Gasteiger partial charge in [0.2, 0.25) is 0 Å². The molecule has 19 heavy (non-hydrogen) atoms. The van der Waals surface area contributed by atoms with Gasteiger partial charge in [0.1, 0.15) is 9.39 Å². The Morgan fingerprint density at radius 2 is 2.00 bits per heavy atom. The van der Waals surface area contributed by atoms with Crippen LogP contribution < -0.4 is 16.2 Å². The molecule has 0 aromatic carbocycles. The molecule has 0 saturated heterocycles. The lowest BCUT2D eigenvalue weighted by Crippen LogP contribution is -2.33. The van der Waals surface area contributed by atoms with E-state index in [1.165, 1.54) is 44.9 Å². The average Bonchev–Trinajstić information content (AvgIpc) is 2.68. The molecule has 0 amide bonds. The Kier molecular flexibility index (Phi) is 6.09. The van der Waals surface area contributed by atoms with Crippen LogP contribution in [0, 0.1) is 3.57 Å². The first-order valence-electron chi connectivity index (χ1n) is 6.98. The molecule has 0 unspecified atom stereocenters. The number of anilines is 1. The number of hydrogen-bond acceptors (Lipinski definition) is 4. The Morgan fingerprint density at radius 3 is 2.74 bits per heavy atom. The van der Waals surface area contributed by atoms with E-state index in [0.29, 0.717) is 15.4 Å². The van der Waals surface area contributed by atoms with Crippen molar-refractivity contribution in [1.82, 2.24) is 15.3 Å². The number of hydrogen-bond donors (Lipinski definition) is 3. The molecule has 0 spiro atoms. The predicted molar refractivity (Wildman–Crippen MR) is 85.6 cm³/mol. The lowest BCUT2D eigenvalue weighted by atomic mass is 10.1. The van der Waals surface area contributed by atoms with Crippen LogP contribution >= 0.6 is 22.6 Å². The molecule has 106 valence electrons. The monoisotopic (exact) mass is 376 g/mol. The van der Waals surface area contributed by atoms with E-state index in [1.807, 2.05) is 22.6 Å². The molecule has 1 aliphatic carbocycles. The van der Waals surface area contributed by atoms with Crippen LogP contribution in [-0.4, -0.2) is 29.1 Å². The van der Waals surface area contributed by atoms with Crippen LogP contribution in [0.5, 0.6) is 0 Å². The Labute approximate surface area is 127 Å². The average molecular weight is 376 g/mol. The third-order valence-corrected chi connectivity index (χ3v) is 4.50. The largest absolute Gasteiger partial charge is 0.368 e. The summed E-state index contributed by atoms with van der Waals surface area (Å²) in [4.78, 5) is 18.1. The second kappa shape index (κ2) is 7.84. The summed E-state index contributed by atoms with van der Waals surface area (Å²) in [7, 11) is 0. The fourth-order valence-corrected chi connectivity index (χ4v) is 2.93. The van der Waals surface area contributed by atoms with Crippen LogP contribution in [0.4, 0.5) is 5.82 Å². The fraction of sp³-hybridized carbons (Fsp3) is 0.692. The summed E-state index contributed by atoms with van der Waals surface area (Å²) in [5, 5.41) is 6.80. The van der Waals surface area contributed by atoms with Crippen molar-refractivity contribution < 1.29 is 0 Å². The Morgan fingerprint density at radius 1 is 1.26 bits per heavy atom. The predicted octanol–water partition coefficient (Wildman–Crippen LogP) is 2.10. The Bertz CT molecular complexity index is 441. The topological polar surface area (TPSA) is 69.8 Å². The SMILES string of the molecule is O=c1[nH]cnc(NCCNC2CCCCCC2)c1I. The molecule has 0 radical (unpaired) electrons. The van der Waals surface area contributed by atoms with Crippen LogP contribution in [0.3, 0.4) is 0 Å². The minimum absolute atomic E-state index is 0.0881.